The van der Waals surface area contributed by atoms with Gasteiger partial charge in [-0.2, -0.15) is 5.10 Å². The van der Waals surface area contributed by atoms with Gasteiger partial charge in [0.25, 0.3) is 11.8 Å². The molecule has 5 heterocycles. The van der Waals surface area contributed by atoms with Crippen molar-refractivity contribution < 1.29 is 9.59 Å². The molecule has 29 heavy (non-hydrogen) atoms. The number of carbonyl (C=O) groups excluding carboxylic acids is 2. The van der Waals surface area contributed by atoms with Crippen LogP contribution in [-0.4, -0.2) is 62.9 Å². The molecule has 0 aromatic carbocycles. The highest BCUT2D eigenvalue weighted by Crippen LogP contribution is 2.26. The van der Waals surface area contributed by atoms with Gasteiger partial charge in [-0.1, -0.05) is 6.07 Å². The van der Waals surface area contributed by atoms with Gasteiger partial charge in [-0.05, 0) is 37.5 Å². The Morgan fingerprint density at radius 1 is 1.07 bits per heavy atom. The van der Waals surface area contributed by atoms with Crippen LogP contribution in [0.5, 0.6) is 0 Å². The lowest BCUT2D eigenvalue weighted by molar-refractivity contribution is 0.0725. The van der Waals surface area contributed by atoms with Crippen molar-refractivity contribution >= 4 is 17.3 Å². The maximum atomic E-state index is 13.0. The van der Waals surface area contributed by atoms with Crippen molar-refractivity contribution in [3.05, 3.63) is 53.5 Å². The number of amides is 2. The SMILES string of the molecule is CN1CCc2ncc(-c3cccc4c(C(=O)N5CCCCC5)cnn34)cc2C1=O. The molecular weight excluding hydrogens is 366 g/mol. The quantitative estimate of drug-likeness (QED) is 0.676. The van der Waals surface area contributed by atoms with Crippen LogP contribution in [0.4, 0.5) is 0 Å². The summed E-state index contributed by atoms with van der Waals surface area (Å²) >= 11 is 0. The van der Waals surface area contributed by atoms with Crippen molar-refractivity contribution in [3.63, 3.8) is 0 Å². The molecule has 5 rings (SSSR count). The predicted octanol–water partition coefficient (Wildman–Crippen LogP) is 2.65. The van der Waals surface area contributed by atoms with Crippen molar-refractivity contribution in [3.8, 4) is 11.3 Å². The third kappa shape index (κ3) is 2.97. The van der Waals surface area contributed by atoms with Crippen LogP contribution in [0, 0.1) is 0 Å². The van der Waals surface area contributed by atoms with Crippen molar-refractivity contribution in [2.24, 2.45) is 0 Å². The summed E-state index contributed by atoms with van der Waals surface area (Å²) in [5.74, 6) is 0.0337. The second-order valence-electron chi connectivity index (χ2n) is 7.81. The number of carbonyl (C=O) groups is 2. The molecule has 1 fully saturated rings. The first-order chi connectivity index (χ1) is 14.1. The van der Waals surface area contributed by atoms with E-state index in [9.17, 15) is 9.59 Å². The molecule has 148 valence electrons. The summed E-state index contributed by atoms with van der Waals surface area (Å²) in [7, 11) is 1.81. The van der Waals surface area contributed by atoms with Gasteiger partial charge in [0.1, 0.15) is 0 Å². The highest BCUT2D eigenvalue weighted by Gasteiger charge is 2.25. The second kappa shape index (κ2) is 6.99. The van der Waals surface area contributed by atoms with Crippen molar-refractivity contribution in [1.29, 1.82) is 0 Å². The number of hydrogen-bond donors (Lipinski definition) is 0. The number of hydrogen-bond acceptors (Lipinski definition) is 4. The highest BCUT2D eigenvalue weighted by molar-refractivity contribution is 6.01. The van der Waals surface area contributed by atoms with E-state index in [1.165, 1.54) is 6.42 Å². The Kier molecular flexibility index (Phi) is 4.30. The molecule has 0 unspecified atom stereocenters. The van der Waals surface area contributed by atoms with Crippen LogP contribution < -0.4 is 0 Å². The minimum absolute atomic E-state index is 0.00537. The first-order valence-electron chi connectivity index (χ1n) is 10.1. The van der Waals surface area contributed by atoms with E-state index in [0.717, 1.165) is 54.8 Å². The van der Waals surface area contributed by atoms with Gasteiger partial charge in [-0.25, -0.2) is 4.52 Å². The summed E-state index contributed by atoms with van der Waals surface area (Å²) in [6, 6.07) is 7.67. The zero-order valence-corrected chi connectivity index (χ0v) is 16.5. The largest absolute Gasteiger partial charge is 0.341 e. The number of likely N-dealkylation sites (N-methyl/N-ethyl adjacent to an activating group) is 1. The van der Waals surface area contributed by atoms with E-state index in [2.05, 4.69) is 10.1 Å². The fraction of sp³-hybridized carbons (Fsp3) is 0.364. The number of nitrogens with zero attached hydrogens (tertiary/aromatic N) is 5. The molecule has 0 saturated carbocycles. The molecule has 7 heteroatoms. The lowest BCUT2D eigenvalue weighted by Gasteiger charge is -2.26. The van der Waals surface area contributed by atoms with Gasteiger partial charge in [0.2, 0.25) is 0 Å². The molecule has 2 aliphatic rings. The molecule has 0 aliphatic carbocycles. The van der Waals surface area contributed by atoms with Gasteiger partial charge in [0.15, 0.2) is 0 Å². The maximum absolute atomic E-state index is 13.0. The molecule has 1 saturated heterocycles. The first kappa shape index (κ1) is 17.8. The summed E-state index contributed by atoms with van der Waals surface area (Å²) < 4.78 is 1.78. The molecule has 0 atom stereocenters. The van der Waals surface area contributed by atoms with Crippen LogP contribution in [0.3, 0.4) is 0 Å². The van der Waals surface area contributed by atoms with E-state index < -0.39 is 0 Å². The molecule has 3 aromatic heterocycles. The molecule has 2 aliphatic heterocycles. The Labute approximate surface area is 168 Å². The summed E-state index contributed by atoms with van der Waals surface area (Å²) in [5.41, 5.74) is 4.51. The monoisotopic (exact) mass is 389 g/mol. The summed E-state index contributed by atoms with van der Waals surface area (Å²) in [5, 5.41) is 4.50. The maximum Gasteiger partial charge on any atom is 0.257 e. The van der Waals surface area contributed by atoms with E-state index in [1.807, 2.05) is 36.2 Å². The van der Waals surface area contributed by atoms with Crippen LogP contribution in [0.25, 0.3) is 16.8 Å². The van der Waals surface area contributed by atoms with Gasteiger partial charge < -0.3 is 9.80 Å². The van der Waals surface area contributed by atoms with Crippen LogP contribution in [0.15, 0.2) is 36.7 Å². The Morgan fingerprint density at radius 3 is 2.72 bits per heavy atom. The molecule has 2 amide bonds. The molecule has 0 spiro atoms. The Bertz CT molecular complexity index is 1110. The zero-order valence-electron chi connectivity index (χ0n) is 16.5. The molecular formula is C22H23N5O2. The van der Waals surface area contributed by atoms with Gasteiger partial charge in [0.05, 0.1) is 34.2 Å². The van der Waals surface area contributed by atoms with Crippen molar-refractivity contribution in [2.75, 3.05) is 26.7 Å². The van der Waals surface area contributed by atoms with Crippen LogP contribution in [-0.2, 0) is 6.42 Å². The number of likely N-dealkylation sites (tertiary alicyclic amines) is 1. The smallest absolute Gasteiger partial charge is 0.257 e. The van der Waals surface area contributed by atoms with Gasteiger partial charge in [-0.15, -0.1) is 0 Å². The average Bonchev–Trinajstić information content (AvgIpc) is 3.20. The predicted molar refractivity (Wildman–Crippen MR) is 109 cm³/mol. The number of pyridine rings is 2. The van der Waals surface area contributed by atoms with Crippen LogP contribution in [0.2, 0.25) is 0 Å². The Balaban J connectivity index is 1.56. The van der Waals surface area contributed by atoms with E-state index in [-0.39, 0.29) is 11.8 Å². The molecule has 7 nitrogen and oxygen atoms in total. The Morgan fingerprint density at radius 2 is 1.90 bits per heavy atom. The lowest BCUT2D eigenvalue weighted by atomic mass is 10.0. The van der Waals surface area contributed by atoms with E-state index in [1.54, 1.807) is 21.8 Å². The summed E-state index contributed by atoms with van der Waals surface area (Å²) in [4.78, 5) is 33.7. The third-order valence-corrected chi connectivity index (χ3v) is 5.94. The first-order valence-corrected chi connectivity index (χ1v) is 10.1. The third-order valence-electron chi connectivity index (χ3n) is 5.94. The van der Waals surface area contributed by atoms with Crippen molar-refractivity contribution in [1.82, 2.24) is 24.4 Å². The minimum Gasteiger partial charge on any atom is -0.341 e. The van der Waals surface area contributed by atoms with Crippen LogP contribution in [0.1, 0.15) is 45.7 Å². The number of rotatable bonds is 2. The minimum atomic E-state index is -0.00537. The highest BCUT2D eigenvalue weighted by atomic mass is 16.2. The zero-order chi connectivity index (χ0) is 20.0. The summed E-state index contributed by atoms with van der Waals surface area (Å²) in [6.45, 7) is 2.30. The van der Waals surface area contributed by atoms with Gasteiger partial charge in [-0.3, -0.25) is 14.6 Å². The number of aromatic nitrogens is 3. The fourth-order valence-electron chi connectivity index (χ4n) is 4.26. The fourth-order valence-corrected chi connectivity index (χ4v) is 4.26. The lowest BCUT2D eigenvalue weighted by Crippen LogP contribution is -2.35. The van der Waals surface area contributed by atoms with Gasteiger partial charge >= 0.3 is 0 Å². The standard InChI is InChI=1S/C22H23N5O2/c1-25-11-8-18-16(21(25)28)12-15(13-23-18)19-6-5-7-20-17(14-24-27(19)20)22(29)26-9-3-2-4-10-26/h5-7,12-14H,2-4,8-11H2,1H3. The number of piperidine rings is 1. The van der Waals surface area contributed by atoms with E-state index in [0.29, 0.717) is 17.7 Å². The topological polar surface area (TPSA) is 70.8 Å². The average molecular weight is 389 g/mol. The van der Waals surface area contributed by atoms with Gasteiger partial charge in [0, 0.05) is 44.9 Å². The van der Waals surface area contributed by atoms with Crippen molar-refractivity contribution in [2.45, 2.75) is 25.7 Å². The Hall–Kier alpha value is -3.22. The molecule has 3 aromatic rings. The van der Waals surface area contributed by atoms with E-state index in [4.69, 9.17) is 0 Å². The molecule has 0 N–H and O–H groups in total. The second-order valence-corrected chi connectivity index (χ2v) is 7.81. The number of fused-ring (bicyclic) bond motifs is 2. The summed E-state index contributed by atoms with van der Waals surface area (Å²) in [6.07, 6.45) is 7.50. The normalized spacial score (nSPS) is 16.9. The van der Waals surface area contributed by atoms with Crippen LogP contribution >= 0.6 is 0 Å². The molecule has 0 radical (unpaired) electrons. The van der Waals surface area contributed by atoms with E-state index >= 15 is 0 Å². The molecule has 0 bridgehead atoms.